The molecule has 0 saturated carbocycles. The summed E-state index contributed by atoms with van der Waals surface area (Å²) in [6.07, 6.45) is 2.10. The van der Waals surface area contributed by atoms with Gasteiger partial charge in [-0.05, 0) is 57.3 Å². The number of likely N-dealkylation sites (tertiary alicyclic amines) is 1. The van der Waals surface area contributed by atoms with Crippen molar-refractivity contribution in [2.45, 2.75) is 38.8 Å². The summed E-state index contributed by atoms with van der Waals surface area (Å²) in [6, 6.07) is 11.1. The Kier molecular flexibility index (Phi) is 6.22. The number of aliphatic hydroxyl groups excluding tert-OH is 1. The van der Waals surface area contributed by atoms with Crippen molar-refractivity contribution in [2.75, 3.05) is 26.7 Å². The largest absolute Gasteiger partial charge is 0.393 e. The fraction of sp³-hybridized carbons (Fsp3) is 0.667. The third-order valence-electron chi connectivity index (χ3n) is 4.90. The molecule has 0 aromatic heterocycles. The minimum atomic E-state index is -0.154. The average Bonchev–Trinajstić information content (AvgIpc) is 2.49. The van der Waals surface area contributed by atoms with Crippen molar-refractivity contribution in [3.8, 4) is 0 Å². The summed E-state index contributed by atoms with van der Waals surface area (Å²) in [5.41, 5.74) is 1.37. The zero-order valence-electron chi connectivity index (χ0n) is 13.6. The van der Waals surface area contributed by atoms with E-state index in [2.05, 4.69) is 47.5 Å². The first-order valence-electron chi connectivity index (χ1n) is 8.24. The van der Waals surface area contributed by atoms with Crippen molar-refractivity contribution in [1.82, 2.24) is 10.2 Å². The molecular weight excluding hydrogens is 260 g/mol. The van der Waals surface area contributed by atoms with E-state index in [1.54, 1.807) is 0 Å². The van der Waals surface area contributed by atoms with E-state index in [1.165, 1.54) is 5.56 Å². The molecule has 1 aliphatic heterocycles. The van der Waals surface area contributed by atoms with E-state index in [0.717, 1.165) is 32.5 Å². The van der Waals surface area contributed by atoms with Crippen LogP contribution in [-0.2, 0) is 0 Å². The van der Waals surface area contributed by atoms with Crippen molar-refractivity contribution in [2.24, 2.45) is 11.8 Å². The Bertz CT molecular complexity index is 399. The van der Waals surface area contributed by atoms with E-state index >= 15 is 0 Å². The molecular formula is C18H30N2O. The van der Waals surface area contributed by atoms with Crippen LogP contribution in [0.25, 0.3) is 0 Å². The van der Waals surface area contributed by atoms with Gasteiger partial charge in [0.15, 0.2) is 0 Å². The first-order valence-corrected chi connectivity index (χ1v) is 8.24. The van der Waals surface area contributed by atoms with Crippen LogP contribution in [0.2, 0.25) is 0 Å². The van der Waals surface area contributed by atoms with Crippen molar-refractivity contribution in [3.05, 3.63) is 35.9 Å². The number of nitrogens with one attached hydrogen (secondary N) is 1. The maximum Gasteiger partial charge on any atom is 0.0541 e. The summed E-state index contributed by atoms with van der Waals surface area (Å²) >= 11 is 0. The van der Waals surface area contributed by atoms with Crippen LogP contribution in [0.5, 0.6) is 0 Å². The van der Waals surface area contributed by atoms with Crippen molar-refractivity contribution in [1.29, 1.82) is 0 Å². The average molecular weight is 290 g/mol. The van der Waals surface area contributed by atoms with Crippen LogP contribution in [-0.4, -0.2) is 42.8 Å². The Labute approximate surface area is 129 Å². The Morgan fingerprint density at radius 1 is 1.19 bits per heavy atom. The molecule has 3 nitrogen and oxygen atoms in total. The van der Waals surface area contributed by atoms with Gasteiger partial charge in [-0.3, -0.25) is 0 Å². The van der Waals surface area contributed by atoms with Gasteiger partial charge in [0.1, 0.15) is 0 Å². The van der Waals surface area contributed by atoms with Gasteiger partial charge in [-0.1, -0.05) is 37.3 Å². The lowest BCUT2D eigenvalue weighted by atomic mass is 9.90. The van der Waals surface area contributed by atoms with Gasteiger partial charge < -0.3 is 15.3 Å². The normalized spacial score (nSPS) is 21.9. The number of nitrogens with zero attached hydrogens (tertiary/aromatic N) is 1. The first kappa shape index (κ1) is 16.5. The maximum absolute atomic E-state index is 9.69. The molecule has 1 fully saturated rings. The molecule has 0 aliphatic carbocycles. The molecule has 3 atom stereocenters. The van der Waals surface area contributed by atoms with Gasteiger partial charge in [0, 0.05) is 12.6 Å². The van der Waals surface area contributed by atoms with Gasteiger partial charge >= 0.3 is 0 Å². The van der Waals surface area contributed by atoms with Crippen molar-refractivity contribution in [3.63, 3.8) is 0 Å². The topological polar surface area (TPSA) is 35.5 Å². The smallest absolute Gasteiger partial charge is 0.0541 e. The van der Waals surface area contributed by atoms with E-state index in [9.17, 15) is 5.11 Å². The standard InChI is InChI=1S/C18H30N2O/c1-14(18(19-3)17-7-5-4-6-8-17)13-20-11-9-16(10-12-20)15(2)21/h4-8,14-16,18-19,21H,9-13H2,1-3H3. The molecule has 0 amide bonds. The third kappa shape index (κ3) is 4.53. The molecule has 1 aromatic carbocycles. The van der Waals surface area contributed by atoms with Gasteiger partial charge in [0.2, 0.25) is 0 Å². The minimum absolute atomic E-state index is 0.154. The lowest BCUT2D eigenvalue weighted by Gasteiger charge is -2.36. The van der Waals surface area contributed by atoms with Crippen LogP contribution in [0, 0.1) is 11.8 Å². The zero-order chi connectivity index (χ0) is 15.2. The SMILES string of the molecule is CNC(c1ccccc1)C(C)CN1CCC(C(C)O)CC1. The first-order chi connectivity index (χ1) is 10.1. The molecule has 3 heteroatoms. The fourth-order valence-corrected chi connectivity index (χ4v) is 3.57. The van der Waals surface area contributed by atoms with Crippen molar-refractivity contribution < 1.29 is 5.11 Å². The van der Waals surface area contributed by atoms with E-state index in [-0.39, 0.29) is 6.10 Å². The number of piperidine rings is 1. The summed E-state index contributed by atoms with van der Waals surface area (Å²) in [7, 11) is 2.05. The Morgan fingerprint density at radius 3 is 2.33 bits per heavy atom. The summed E-state index contributed by atoms with van der Waals surface area (Å²) in [5, 5.41) is 13.2. The van der Waals surface area contributed by atoms with Gasteiger partial charge in [-0.25, -0.2) is 0 Å². The lowest BCUT2D eigenvalue weighted by molar-refractivity contribution is 0.0651. The van der Waals surface area contributed by atoms with Crippen LogP contribution in [0.3, 0.4) is 0 Å². The molecule has 21 heavy (non-hydrogen) atoms. The zero-order valence-corrected chi connectivity index (χ0v) is 13.6. The minimum Gasteiger partial charge on any atom is -0.393 e. The van der Waals surface area contributed by atoms with Gasteiger partial charge in [0.25, 0.3) is 0 Å². The van der Waals surface area contributed by atoms with E-state index in [1.807, 2.05) is 14.0 Å². The van der Waals surface area contributed by atoms with E-state index in [0.29, 0.717) is 17.9 Å². The van der Waals surface area contributed by atoms with Crippen LogP contribution >= 0.6 is 0 Å². The molecule has 0 radical (unpaired) electrons. The molecule has 1 aromatic rings. The number of benzene rings is 1. The molecule has 1 aliphatic rings. The Hall–Kier alpha value is -0.900. The number of aliphatic hydroxyl groups is 1. The van der Waals surface area contributed by atoms with Gasteiger partial charge in [0.05, 0.1) is 6.10 Å². The van der Waals surface area contributed by atoms with Crippen molar-refractivity contribution >= 4 is 0 Å². The molecule has 0 bridgehead atoms. The predicted molar refractivity (Wildman–Crippen MR) is 88.3 cm³/mol. The monoisotopic (exact) mass is 290 g/mol. The fourth-order valence-electron chi connectivity index (χ4n) is 3.57. The quantitative estimate of drug-likeness (QED) is 0.845. The highest BCUT2D eigenvalue weighted by Crippen LogP contribution is 2.25. The number of hydrogen-bond acceptors (Lipinski definition) is 3. The molecule has 1 saturated heterocycles. The van der Waals surface area contributed by atoms with Crippen LogP contribution in [0.4, 0.5) is 0 Å². The summed E-state index contributed by atoms with van der Waals surface area (Å²) in [5.74, 6) is 1.06. The highest BCUT2D eigenvalue weighted by Gasteiger charge is 2.25. The van der Waals surface area contributed by atoms with Crippen LogP contribution in [0.15, 0.2) is 30.3 Å². The summed E-state index contributed by atoms with van der Waals surface area (Å²) in [4.78, 5) is 2.55. The number of rotatable bonds is 6. The molecule has 2 N–H and O–H groups in total. The predicted octanol–water partition coefficient (Wildman–Crippen LogP) is 2.68. The third-order valence-corrected chi connectivity index (χ3v) is 4.90. The lowest BCUT2D eigenvalue weighted by Crippen LogP contribution is -2.41. The maximum atomic E-state index is 9.69. The molecule has 2 rings (SSSR count). The van der Waals surface area contributed by atoms with E-state index in [4.69, 9.17) is 0 Å². The summed E-state index contributed by atoms with van der Waals surface area (Å²) in [6.45, 7) is 7.60. The second kappa shape index (κ2) is 7.92. The summed E-state index contributed by atoms with van der Waals surface area (Å²) < 4.78 is 0. The van der Waals surface area contributed by atoms with Crippen LogP contribution in [0.1, 0.15) is 38.3 Å². The Morgan fingerprint density at radius 2 is 1.81 bits per heavy atom. The Balaban J connectivity index is 1.87. The molecule has 1 heterocycles. The molecule has 118 valence electrons. The highest BCUT2D eigenvalue weighted by atomic mass is 16.3. The second-order valence-corrected chi connectivity index (χ2v) is 6.53. The molecule has 3 unspecified atom stereocenters. The van der Waals surface area contributed by atoms with Gasteiger partial charge in [-0.2, -0.15) is 0 Å². The van der Waals surface area contributed by atoms with E-state index < -0.39 is 0 Å². The van der Waals surface area contributed by atoms with Gasteiger partial charge in [-0.15, -0.1) is 0 Å². The second-order valence-electron chi connectivity index (χ2n) is 6.53. The molecule has 0 spiro atoms. The number of hydrogen-bond donors (Lipinski definition) is 2. The highest BCUT2D eigenvalue weighted by molar-refractivity contribution is 5.19. The van der Waals surface area contributed by atoms with Crippen LogP contribution < -0.4 is 5.32 Å².